The number of carbonyl (C=O) groups excluding carboxylic acids is 3. The van der Waals surface area contributed by atoms with Crippen molar-refractivity contribution in [1.29, 1.82) is 0 Å². The van der Waals surface area contributed by atoms with Crippen molar-refractivity contribution in [3.05, 3.63) is 59.7 Å². The smallest absolute Gasteiger partial charge is 0.305 e. The van der Waals surface area contributed by atoms with Crippen molar-refractivity contribution in [3.63, 3.8) is 0 Å². The van der Waals surface area contributed by atoms with Gasteiger partial charge in [0.15, 0.2) is 0 Å². The van der Waals surface area contributed by atoms with Crippen molar-refractivity contribution in [2.75, 3.05) is 26.4 Å². The van der Waals surface area contributed by atoms with Gasteiger partial charge in [0, 0.05) is 12.5 Å². The summed E-state index contributed by atoms with van der Waals surface area (Å²) in [7, 11) is 0. The molecular weight excluding hydrogens is 374 g/mol. The monoisotopic (exact) mass is 397 g/mol. The van der Waals surface area contributed by atoms with Gasteiger partial charge >= 0.3 is 5.97 Å². The van der Waals surface area contributed by atoms with Crippen LogP contribution in [-0.2, 0) is 9.53 Å². The van der Waals surface area contributed by atoms with Gasteiger partial charge in [0.25, 0.3) is 11.8 Å². The van der Waals surface area contributed by atoms with Crippen LogP contribution in [0.1, 0.15) is 40.5 Å². The summed E-state index contributed by atoms with van der Waals surface area (Å²) in [5.74, 6) is 0.360. The van der Waals surface area contributed by atoms with Gasteiger partial charge in [-0.2, -0.15) is 0 Å². The summed E-state index contributed by atoms with van der Waals surface area (Å²) in [4.78, 5) is 37.2. The van der Waals surface area contributed by atoms with E-state index in [1.54, 1.807) is 55.5 Å². The van der Waals surface area contributed by atoms with E-state index in [4.69, 9.17) is 14.2 Å². The van der Waals surface area contributed by atoms with Crippen LogP contribution < -0.4 is 9.47 Å². The molecule has 2 aromatic rings. The number of hydrogen-bond donors (Lipinski definition) is 0. The van der Waals surface area contributed by atoms with E-state index in [-0.39, 0.29) is 30.9 Å². The summed E-state index contributed by atoms with van der Waals surface area (Å²) in [5, 5.41) is 0. The van der Waals surface area contributed by atoms with Gasteiger partial charge < -0.3 is 14.2 Å². The van der Waals surface area contributed by atoms with E-state index in [0.717, 1.165) is 0 Å². The number of imide groups is 1. The maximum Gasteiger partial charge on any atom is 0.305 e. The number of amides is 2. The lowest BCUT2D eigenvalue weighted by atomic mass is 10.1. The molecule has 1 heterocycles. The first-order valence-electron chi connectivity index (χ1n) is 9.56. The Hall–Kier alpha value is -3.35. The van der Waals surface area contributed by atoms with Gasteiger partial charge in [-0.25, -0.2) is 0 Å². The number of carbonyl (C=O) groups is 3. The summed E-state index contributed by atoms with van der Waals surface area (Å²) in [5.41, 5.74) is 0.853. The van der Waals surface area contributed by atoms with E-state index in [0.29, 0.717) is 48.7 Å². The average molecular weight is 397 g/mol. The summed E-state index contributed by atoms with van der Waals surface area (Å²) in [6, 6.07) is 13.9. The van der Waals surface area contributed by atoms with Crippen LogP contribution in [0.2, 0.25) is 0 Å². The molecule has 152 valence electrons. The van der Waals surface area contributed by atoms with Gasteiger partial charge in [-0.15, -0.1) is 0 Å². The molecule has 3 rings (SSSR count). The molecule has 0 spiro atoms. The molecule has 2 amide bonds. The van der Waals surface area contributed by atoms with Gasteiger partial charge in [-0.05, 0) is 37.6 Å². The zero-order chi connectivity index (χ0) is 20.6. The highest BCUT2D eigenvalue weighted by molar-refractivity contribution is 6.21. The Morgan fingerprint density at radius 2 is 1.52 bits per heavy atom. The Kier molecular flexibility index (Phi) is 6.84. The first-order valence-corrected chi connectivity index (χ1v) is 9.56. The van der Waals surface area contributed by atoms with Crippen molar-refractivity contribution in [1.82, 2.24) is 4.90 Å². The van der Waals surface area contributed by atoms with E-state index in [1.165, 1.54) is 4.90 Å². The predicted molar refractivity (Wildman–Crippen MR) is 105 cm³/mol. The third-order valence-electron chi connectivity index (χ3n) is 4.37. The van der Waals surface area contributed by atoms with E-state index >= 15 is 0 Å². The van der Waals surface area contributed by atoms with Crippen LogP contribution in [0.25, 0.3) is 0 Å². The number of esters is 1. The standard InChI is InChI=1S/C22H23NO6/c1-2-27-20(24)11-6-13-28-16-7-5-8-17(15-16)29-14-12-23-21(25)18-9-3-4-10-19(18)22(23)26/h3-5,7-10,15H,2,6,11-14H2,1H3. The van der Waals surface area contributed by atoms with Gasteiger partial charge in [-0.3, -0.25) is 19.3 Å². The first-order chi connectivity index (χ1) is 14.1. The lowest BCUT2D eigenvalue weighted by molar-refractivity contribution is -0.143. The van der Waals surface area contributed by atoms with E-state index < -0.39 is 0 Å². The first kappa shape index (κ1) is 20.4. The minimum Gasteiger partial charge on any atom is -0.493 e. The van der Waals surface area contributed by atoms with Crippen LogP contribution >= 0.6 is 0 Å². The summed E-state index contributed by atoms with van der Waals surface area (Å²) in [6.45, 7) is 2.88. The zero-order valence-corrected chi connectivity index (χ0v) is 16.3. The molecule has 7 nitrogen and oxygen atoms in total. The summed E-state index contributed by atoms with van der Waals surface area (Å²) < 4.78 is 16.2. The molecule has 0 N–H and O–H groups in total. The van der Waals surface area contributed by atoms with Crippen molar-refractivity contribution in [2.24, 2.45) is 0 Å². The Bertz CT molecular complexity index is 859. The van der Waals surface area contributed by atoms with E-state index in [1.807, 2.05) is 0 Å². The molecule has 1 aliphatic rings. The van der Waals surface area contributed by atoms with Crippen LogP contribution in [-0.4, -0.2) is 49.0 Å². The normalized spacial score (nSPS) is 12.7. The molecule has 0 atom stereocenters. The summed E-state index contributed by atoms with van der Waals surface area (Å²) in [6.07, 6.45) is 0.869. The van der Waals surface area contributed by atoms with Crippen LogP contribution in [0.15, 0.2) is 48.5 Å². The SMILES string of the molecule is CCOC(=O)CCCOc1cccc(OCCN2C(=O)c3ccccc3C2=O)c1. The molecule has 0 aromatic heterocycles. The van der Waals surface area contributed by atoms with Gasteiger partial charge in [0.05, 0.1) is 30.9 Å². The maximum atomic E-state index is 12.3. The van der Waals surface area contributed by atoms with Crippen LogP contribution in [0.5, 0.6) is 11.5 Å². The van der Waals surface area contributed by atoms with Crippen LogP contribution in [0.3, 0.4) is 0 Å². The predicted octanol–water partition coefficient (Wildman–Crippen LogP) is 3.08. The van der Waals surface area contributed by atoms with Gasteiger partial charge in [0.2, 0.25) is 0 Å². The largest absolute Gasteiger partial charge is 0.493 e. The third-order valence-corrected chi connectivity index (χ3v) is 4.37. The number of ether oxygens (including phenoxy) is 3. The Morgan fingerprint density at radius 3 is 2.14 bits per heavy atom. The molecule has 0 saturated heterocycles. The number of hydrogen-bond acceptors (Lipinski definition) is 6. The second-order valence-corrected chi connectivity index (χ2v) is 6.39. The van der Waals surface area contributed by atoms with Crippen molar-refractivity contribution < 1.29 is 28.6 Å². The fraction of sp³-hybridized carbons (Fsp3) is 0.318. The van der Waals surface area contributed by atoms with Gasteiger partial charge in [-0.1, -0.05) is 18.2 Å². The molecule has 0 saturated carbocycles. The molecule has 0 fully saturated rings. The maximum absolute atomic E-state index is 12.3. The number of rotatable bonds is 10. The highest BCUT2D eigenvalue weighted by Gasteiger charge is 2.34. The Balaban J connectivity index is 1.45. The molecule has 0 radical (unpaired) electrons. The minimum absolute atomic E-state index is 0.164. The lowest BCUT2D eigenvalue weighted by Crippen LogP contribution is -2.33. The molecule has 0 bridgehead atoms. The third kappa shape index (κ3) is 5.13. The topological polar surface area (TPSA) is 82.1 Å². The Labute approximate surface area is 169 Å². The van der Waals surface area contributed by atoms with Crippen molar-refractivity contribution >= 4 is 17.8 Å². The van der Waals surface area contributed by atoms with Crippen molar-refractivity contribution in [3.8, 4) is 11.5 Å². The second kappa shape index (κ2) is 9.73. The highest BCUT2D eigenvalue weighted by Crippen LogP contribution is 2.23. The van der Waals surface area contributed by atoms with E-state index in [2.05, 4.69) is 0 Å². The Morgan fingerprint density at radius 1 is 0.897 bits per heavy atom. The fourth-order valence-electron chi connectivity index (χ4n) is 2.99. The number of benzene rings is 2. The van der Waals surface area contributed by atoms with Crippen LogP contribution in [0.4, 0.5) is 0 Å². The molecule has 0 aliphatic carbocycles. The van der Waals surface area contributed by atoms with Gasteiger partial charge in [0.1, 0.15) is 18.1 Å². The molecule has 2 aromatic carbocycles. The molecule has 29 heavy (non-hydrogen) atoms. The molecule has 0 unspecified atom stereocenters. The zero-order valence-electron chi connectivity index (χ0n) is 16.3. The number of fused-ring (bicyclic) bond motifs is 1. The second-order valence-electron chi connectivity index (χ2n) is 6.39. The summed E-state index contributed by atoms with van der Waals surface area (Å²) >= 11 is 0. The van der Waals surface area contributed by atoms with Crippen molar-refractivity contribution in [2.45, 2.75) is 19.8 Å². The molecular formula is C22H23NO6. The van der Waals surface area contributed by atoms with E-state index in [9.17, 15) is 14.4 Å². The highest BCUT2D eigenvalue weighted by atomic mass is 16.5. The minimum atomic E-state index is -0.298. The average Bonchev–Trinajstić information content (AvgIpc) is 2.97. The molecule has 7 heteroatoms. The molecule has 1 aliphatic heterocycles. The number of nitrogens with zero attached hydrogens (tertiary/aromatic N) is 1. The van der Waals surface area contributed by atoms with Crippen LogP contribution in [0, 0.1) is 0 Å². The lowest BCUT2D eigenvalue weighted by Gasteiger charge is -2.15. The fourth-order valence-corrected chi connectivity index (χ4v) is 2.99. The quantitative estimate of drug-likeness (QED) is 0.348.